The summed E-state index contributed by atoms with van der Waals surface area (Å²) in [5.74, 6) is 0.804. The minimum absolute atomic E-state index is 0.0698. The van der Waals surface area contributed by atoms with Crippen LogP contribution in [0.4, 0.5) is 0 Å². The molecule has 128 valence electrons. The van der Waals surface area contributed by atoms with Crippen LogP contribution in [0.25, 0.3) is 10.8 Å². The molecule has 3 rings (SSSR count). The van der Waals surface area contributed by atoms with E-state index in [0.29, 0.717) is 5.92 Å². The van der Waals surface area contributed by atoms with Crippen molar-refractivity contribution in [2.24, 2.45) is 11.8 Å². The molecule has 2 aromatic rings. The predicted octanol–water partition coefficient (Wildman–Crippen LogP) is 3.82. The smallest absolute Gasteiger partial charge is 0.222 e. The summed E-state index contributed by atoms with van der Waals surface area (Å²) in [6.45, 7) is 7.92. The van der Waals surface area contributed by atoms with E-state index >= 15 is 0 Å². The van der Waals surface area contributed by atoms with Crippen LogP contribution in [0.3, 0.4) is 0 Å². The Kier molecular flexibility index (Phi) is 5.52. The summed E-state index contributed by atoms with van der Waals surface area (Å²) in [5.41, 5.74) is 1.40. The maximum atomic E-state index is 11.8. The van der Waals surface area contributed by atoms with E-state index in [-0.39, 0.29) is 11.8 Å². The van der Waals surface area contributed by atoms with E-state index in [4.69, 9.17) is 0 Å². The highest BCUT2D eigenvalue weighted by molar-refractivity contribution is 5.85. The van der Waals surface area contributed by atoms with Crippen molar-refractivity contribution in [2.75, 3.05) is 19.6 Å². The number of nitrogens with zero attached hydrogens (tertiary/aromatic N) is 1. The quantitative estimate of drug-likeness (QED) is 0.907. The van der Waals surface area contributed by atoms with Gasteiger partial charge in [0.25, 0.3) is 0 Å². The van der Waals surface area contributed by atoms with Crippen LogP contribution in [0, 0.1) is 11.8 Å². The zero-order chi connectivity index (χ0) is 16.9. The van der Waals surface area contributed by atoms with Crippen molar-refractivity contribution in [1.29, 1.82) is 0 Å². The molecule has 1 atom stereocenters. The monoisotopic (exact) mass is 324 g/mol. The second-order valence-corrected chi connectivity index (χ2v) is 7.28. The van der Waals surface area contributed by atoms with E-state index < -0.39 is 0 Å². The number of fused-ring (bicyclic) bond motifs is 1. The molecule has 3 heteroatoms. The lowest BCUT2D eigenvalue weighted by atomic mass is 9.96. The zero-order valence-electron chi connectivity index (χ0n) is 14.8. The zero-order valence-corrected chi connectivity index (χ0v) is 14.8. The lowest BCUT2D eigenvalue weighted by molar-refractivity contribution is -0.124. The third-order valence-electron chi connectivity index (χ3n) is 4.97. The second kappa shape index (κ2) is 7.80. The maximum Gasteiger partial charge on any atom is 0.222 e. The number of carbonyl (C=O) groups excluding carboxylic acids is 1. The minimum atomic E-state index is 0.0698. The van der Waals surface area contributed by atoms with Crippen molar-refractivity contribution >= 4 is 16.7 Å². The SMILES string of the molecule is CC(C)C(=O)NCC1CCCN(Cc2cccc3ccccc23)C1. The van der Waals surface area contributed by atoms with Gasteiger partial charge in [0.15, 0.2) is 0 Å². The van der Waals surface area contributed by atoms with Gasteiger partial charge >= 0.3 is 0 Å². The molecule has 1 amide bonds. The van der Waals surface area contributed by atoms with Crippen molar-refractivity contribution in [3.05, 3.63) is 48.0 Å². The fourth-order valence-electron chi connectivity index (χ4n) is 3.58. The molecule has 0 aliphatic carbocycles. The summed E-state index contributed by atoms with van der Waals surface area (Å²) < 4.78 is 0. The molecular formula is C21H28N2O. The molecule has 3 nitrogen and oxygen atoms in total. The largest absolute Gasteiger partial charge is 0.356 e. The Balaban J connectivity index is 1.62. The molecule has 1 aliphatic rings. The number of likely N-dealkylation sites (tertiary alicyclic amines) is 1. The molecule has 1 fully saturated rings. The van der Waals surface area contributed by atoms with Crippen molar-refractivity contribution in [3.8, 4) is 0 Å². The molecule has 0 spiro atoms. The standard InChI is InChI=1S/C21H28N2O/c1-16(2)21(24)22-13-17-7-6-12-23(14-17)15-19-10-5-9-18-8-3-4-11-20(18)19/h3-5,8-11,16-17H,6-7,12-15H2,1-2H3,(H,22,24). The van der Waals surface area contributed by atoms with E-state index in [1.54, 1.807) is 0 Å². The highest BCUT2D eigenvalue weighted by atomic mass is 16.1. The van der Waals surface area contributed by atoms with Gasteiger partial charge in [0.1, 0.15) is 0 Å². The van der Waals surface area contributed by atoms with Crippen LogP contribution < -0.4 is 5.32 Å². The second-order valence-electron chi connectivity index (χ2n) is 7.28. The van der Waals surface area contributed by atoms with Crippen LogP contribution in [0.5, 0.6) is 0 Å². The first kappa shape index (κ1) is 17.0. The Hall–Kier alpha value is -1.87. The van der Waals surface area contributed by atoms with Crippen LogP contribution in [0.15, 0.2) is 42.5 Å². The van der Waals surface area contributed by atoms with Crippen LogP contribution >= 0.6 is 0 Å². The molecule has 1 N–H and O–H groups in total. The van der Waals surface area contributed by atoms with E-state index in [1.807, 2.05) is 13.8 Å². The third kappa shape index (κ3) is 4.15. The van der Waals surface area contributed by atoms with Crippen molar-refractivity contribution < 1.29 is 4.79 Å². The number of carbonyl (C=O) groups is 1. The van der Waals surface area contributed by atoms with Crippen molar-refractivity contribution in [1.82, 2.24) is 10.2 Å². The van der Waals surface area contributed by atoms with Crippen LogP contribution in [-0.4, -0.2) is 30.4 Å². The Morgan fingerprint density at radius 3 is 2.83 bits per heavy atom. The van der Waals surface area contributed by atoms with Gasteiger partial charge in [-0.3, -0.25) is 9.69 Å². The topological polar surface area (TPSA) is 32.3 Å². The average molecular weight is 324 g/mol. The molecule has 0 radical (unpaired) electrons. The fourth-order valence-corrected chi connectivity index (χ4v) is 3.58. The normalized spacial score (nSPS) is 18.9. The summed E-state index contributed by atoms with van der Waals surface area (Å²) in [6, 6.07) is 15.2. The number of hydrogen-bond donors (Lipinski definition) is 1. The summed E-state index contributed by atoms with van der Waals surface area (Å²) >= 11 is 0. The number of hydrogen-bond acceptors (Lipinski definition) is 2. The van der Waals surface area contributed by atoms with Gasteiger partial charge in [-0.1, -0.05) is 56.3 Å². The van der Waals surface area contributed by atoms with E-state index in [2.05, 4.69) is 52.7 Å². The van der Waals surface area contributed by atoms with E-state index in [0.717, 1.165) is 26.2 Å². The van der Waals surface area contributed by atoms with Gasteiger partial charge in [-0.2, -0.15) is 0 Å². The van der Waals surface area contributed by atoms with Gasteiger partial charge in [0, 0.05) is 25.6 Å². The molecule has 0 saturated carbocycles. The number of piperidine rings is 1. The summed E-state index contributed by atoms with van der Waals surface area (Å²) in [6.07, 6.45) is 2.43. The van der Waals surface area contributed by atoms with Gasteiger partial charge in [-0.25, -0.2) is 0 Å². The maximum absolute atomic E-state index is 11.8. The minimum Gasteiger partial charge on any atom is -0.356 e. The Labute approximate surface area is 145 Å². The molecular weight excluding hydrogens is 296 g/mol. The van der Waals surface area contributed by atoms with Gasteiger partial charge in [0.2, 0.25) is 5.91 Å². The molecule has 24 heavy (non-hydrogen) atoms. The lowest BCUT2D eigenvalue weighted by Crippen LogP contribution is -2.41. The van der Waals surface area contributed by atoms with Crippen LogP contribution in [0.1, 0.15) is 32.3 Å². The molecule has 2 aromatic carbocycles. The van der Waals surface area contributed by atoms with Gasteiger partial charge < -0.3 is 5.32 Å². The van der Waals surface area contributed by atoms with E-state index in [9.17, 15) is 4.79 Å². The Bertz CT molecular complexity index is 690. The number of nitrogens with one attached hydrogen (secondary N) is 1. The van der Waals surface area contributed by atoms with Gasteiger partial charge in [-0.05, 0) is 41.6 Å². The first-order valence-corrected chi connectivity index (χ1v) is 9.10. The van der Waals surface area contributed by atoms with Crippen LogP contribution in [0.2, 0.25) is 0 Å². The molecule has 1 aliphatic heterocycles. The predicted molar refractivity (Wildman–Crippen MR) is 99.8 cm³/mol. The molecule has 1 heterocycles. The molecule has 1 unspecified atom stereocenters. The average Bonchev–Trinajstić information content (AvgIpc) is 2.60. The fraction of sp³-hybridized carbons (Fsp3) is 0.476. The number of benzene rings is 2. The Morgan fingerprint density at radius 1 is 1.21 bits per heavy atom. The van der Waals surface area contributed by atoms with Crippen molar-refractivity contribution in [2.45, 2.75) is 33.2 Å². The van der Waals surface area contributed by atoms with E-state index in [1.165, 1.54) is 29.2 Å². The van der Waals surface area contributed by atoms with Gasteiger partial charge in [0.05, 0.1) is 0 Å². The lowest BCUT2D eigenvalue weighted by Gasteiger charge is -2.33. The third-order valence-corrected chi connectivity index (χ3v) is 4.97. The summed E-state index contributed by atoms with van der Waals surface area (Å²) in [7, 11) is 0. The number of amides is 1. The molecule has 0 aromatic heterocycles. The van der Waals surface area contributed by atoms with Gasteiger partial charge in [-0.15, -0.1) is 0 Å². The summed E-state index contributed by atoms with van der Waals surface area (Å²) in [5, 5.41) is 5.77. The number of rotatable bonds is 5. The van der Waals surface area contributed by atoms with Crippen LogP contribution in [-0.2, 0) is 11.3 Å². The molecule has 0 bridgehead atoms. The van der Waals surface area contributed by atoms with Crippen molar-refractivity contribution in [3.63, 3.8) is 0 Å². The summed E-state index contributed by atoms with van der Waals surface area (Å²) in [4.78, 5) is 14.3. The first-order valence-electron chi connectivity index (χ1n) is 9.10. The molecule has 1 saturated heterocycles. The first-order chi connectivity index (χ1) is 11.6. The highest BCUT2D eigenvalue weighted by Gasteiger charge is 2.21. The Morgan fingerprint density at radius 2 is 2.00 bits per heavy atom. The highest BCUT2D eigenvalue weighted by Crippen LogP contribution is 2.23.